The third-order valence-electron chi connectivity index (χ3n) is 4.51. The van der Waals surface area contributed by atoms with Crippen LogP contribution in [0.15, 0.2) is 64.3 Å². The first kappa shape index (κ1) is 22.6. The molecule has 0 saturated heterocycles. The summed E-state index contributed by atoms with van der Waals surface area (Å²) in [6.07, 6.45) is 3.05. The van der Waals surface area contributed by atoms with Gasteiger partial charge in [-0.25, -0.2) is 10.2 Å². The highest BCUT2D eigenvalue weighted by atomic mass is 79.9. The predicted octanol–water partition coefficient (Wildman–Crippen LogP) is 4.37. The van der Waals surface area contributed by atoms with E-state index >= 15 is 0 Å². The van der Waals surface area contributed by atoms with Gasteiger partial charge in [0.1, 0.15) is 6.04 Å². The molecule has 0 unspecified atom stereocenters. The number of ether oxygens (including phenoxy) is 1. The van der Waals surface area contributed by atoms with E-state index in [1.807, 2.05) is 68.6 Å². The molecule has 0 spiro atoms. The van der Waals surface area contributed by atoms with Crippen molar-refractivity contribution in [2.75, 3.05) is 6.61 Å². The molecule has 7 nitrogen and oxygen atoms in total. The maximum atomic E-state index is 12.8. The number of hydrazone groups is 1. The molecule has 0 saturated carbocycles. The molecular weight excluding hydrogens is 460 g/mol. The fourth-order valence-electron chi connectivity index (χ4n) is 2.95. The summed E-state index contributed by atoms with van der Waals surface area (Å²) in [6.45, 7) is 4.16. The summed E-state index contributed by atoms with van der Waals surface area (Å²) in [5.41, 5.74) is 5.23. The number of halogens is 1. The SMILES string of the molecule is CC(C)COC(=O)N[C@@H](Cc1c[nH]c2ccccc12)C(=O)N/N=C\c1ccc(Br)cc1. The minimum atomic E-state index is -0.846. The van der Waals surface area contributed by atoms with E-state index in [-0.39, 0.29) is 12.5 Å². The number of alkyl carbamates (subject to hydrolysis) is 1. The van der Waals surface area contributed by atoms with Gasteiger partial charge in [0, 0.05) is 28.0 Å². The lowest BCUT2D eigenvalue weighted by atomic mass is 10.0. The Bertz CT molecular complexity index is 1060. The number of amides is 2. The van der Waals surface area contributed by atoms with Crippen molar-refractivity contribution in [3.05, 3.63) is 70.3 Å². The van der Waals surface area contributed by atoms with E-state index in [1.54, 1.807) is 6.21 Å². The third kappa shape index (κ3) is 6.68. The van der Waals surface area contributed by atoms with Gasteiger partial charge < -0.3 is 15.0 Å². The Hall–Kier alpha value is -3.13. The summed E-state index contributed by atoms with van der Waals surface area (Å²) >= 11 is 3.38. The van der Waals surface area contributed by atoms with Crippen molar-refractivity contribution < 1.29 is 14.3 Å². The van der Waals surface area contributed by atoms with Crippen LogP contribution in [0, 0.1) is 5.92 Å². The predicted molar refractivity (Wildman–Crippen MR) is 125 cm³/mol. The lowest BCUT2D eigenvalue weighted by Crippen LogP contribution is -2.47. The van der Waals surface area contributed by atoms with Crippen LogP contribution < -0.4 is 10.7 Å². The molecule has 2 aromatic carbocycles. The van der Waals surface area contributed by atoms with E-state index in [0.717, 1.165) is 26.5 Å². The number of para-hydroxylation sites is 1. The minimum Gasteiger partial charge on any atom is -0.449 e. The number of nitrogens with one attached hydrogen (secondary N) is 3. The van der Waals surface area contributed by atoms with Crippen molar-refractivity contribution in [2.24, 2.45) is 11.0 Å². The number of hydrogen-bond donors (Lipinski definition) is 3. The number of aromatic amines is 1. The van der Waals surface area contributed by atoms with Crippen LogP contribution in [0.5, 0.6) is 0 Å². The van der Waals surface area contributed by atoms with Crippen molar-refractivity contribution >= 4 is 45.0 Å². The smallest absolute Gasteiger partial charge is 0.407 e. The quantitative estimate of drug-likeness (QED) is 0.327. The molecule has 1 atom stereocenters. The Morgan fingerprint density at radius 1 is 1.16 bits per heavy atom. The Kier molecular flexibility index (Phi) is 7.83. The summed E-state index contributed by atoms with van der Waals surface area (Å²) < 4.78 is 6.15. The first-order valence-electron chi connectivity index (χ1n) is 9.99. The maximum Gasteiger partial charge on any atom is 0.407 e. The van der Waals surface area contributed by atoms with Crippen molar-refractivity contribution in [2.45, 2.75) is 26.3 Å². The molecule has 0 aliphatic rings. The molecule has 0 radical (unpaired) electrons. The molecule has 3 rings (SSSR count). The Labute approximate surface area is 189 Å². The summed E-state index contributed by atoms with van der Waals surface area (Å²) in [5.74, 6) is -0.234. The Morgan fingerprint density at radius 2 is 1.90 bits per heavy atom. The first-order valence-corrected chi connectivity index (χ1v) is 10.8. The van der Waals surface area contributed by atoms with Crippen LogP contribution in [-0.2, 0) is 16.0 Å². The summed E-state index contributed by atoms with van der Waals surface area (Å²) in [5, 5.41) is 7.69. The summed E-state index contributed by atoms with van der Waals surface area (Å²) in [7, 11) is 0. The molecule has 162 valence electrons. The molecule has 3 aromatic rings. The number of aromatic nitrogens is 1. The highest BCUT2D eigenvalue weighted by Crippen LogP contribution is 2.19. The average molecular weight is 485 g/mol. The van der Waals surface area contributed by atoms with Crippen LogP contribution in [0.2, 0.25) is 0 Å². The molecule has 0 bridgehead atoms. The van der Waals surface area contributed by atoms with Crippen molar-refractivity contribution in [1.82, 2.24) is 15.7 Å². The topological polar surface area (TPSA) is 95.6 Å². The molecule has 1 aromatic heterocycles. The number of hydrogen-bond acceptors (Lipinski definition) is 4. The van der Waals surface area contributed by atoms with Crippen molar-refractivity contribution in [3.63, 3.8) is 0 Å². The highest BCUT2D eigenvalue weighted by molar-refractivity contribution is 9.10. The number of carbonyl (C=O) groups is 2. The van der Waals surface area contributed by atoms with E-state index in [9.17, 15) is 9.59 Å². The van der Waals surface area contributed by atoms with Crippen LogP contribution >= 0.6 is 15.9 Å². The number of rotatable bonds is 8. The van der Waals surface area contributed by atoms with E-state index in [1.165, 1.54) is 0 Å². The van der Waals surface area contributed by atoms with Crippen molar-refractivity contribution in [1.29, 1.82) is 0 Å². The van der Waals surface area contributed by atoms with Crippen LogP contribution in [0.3, 0.4) is 0 Å². The van der Waals surface area contributed by atoms with Crippen LogP contribution in [0.4, 0.5) is 4.79 Å². The second-order valence-corrected chi connectivity index (χ2v) is 8.45. The first-order chi connectivity index (χ1) is 14.9. The summed E-state index contributed by atoms with van der Waals surface area (Å²) in [6, 6.07) is 14.5. The van der Waals surface area contributed by atoms with Crippen molar-refractivity contribution in [3.8, 4) is 0 Å². The van der Waals surface area contributed by atoms with Gasteiger partial charge in [-0.1, -0.05) is 60.1 Å². The van der Waals surface area contributed by atoms with Gasteiger partial charge in [0.05, 0.1) is 12.8 Å². The van der Waals surface area contributed by atoms with Crippen LogP contribution in [-0.4, -0.2) is 35.8 Å². The largest absolute Gasteiger partial charge is 0.449 e. The number of H-pyrrole nitrogens is 1. The van der Waals surface area contributed by atoms with Gasteiger partial charge >= 0.3 is 6.09 Å². The molecule has 3 N–H and O–H groups in total. The molecule has 2 amide bonds. The van der Waals surface area contributed by atoms with Gasteiger partial charge in [-0.3, -0.25) is 4.79 Å². The van der Waals surface area contributed by atoms with E-state index < -0.39 is 18.0 Å². The lowest BCUT2D eigenvalue weighted by molar-refractivity contribution is -0.123. The third-order valence-corrected chi connectivity index (χ3v) is 5.04. The van der Waals surface area contributed by atoms with Gasteiger partial charge in [-0.2, -0.15) is 5.10 Å². The molecule has 0 aliphatic carbocycles. The fraction of sp³-hybridized carbons (Fsp3) is 0.261. The van der Waals surface area contributed by atoms with E-state index in [4.69, 9.17) is 4.74 Å². The highest BCUT2D eigenvalue weighted by Gasteiger charge is 2.23. The maximum absolute atomic E-state index is 12.8. The number of fused-ring (bicyclic) bond motifs is 1. The standard InChI is InChI=1S/C23H25BrN4O3/c1-15(2)14-31-23(30)27-21(11-17-13-25-20-6-4-3-5-19(17)20)22(29)28-26-12-16-7-9-18(24)10-8-16/h3-10,12-13,15,21,25H,11,14H2,1-2H3,(H,27,30)(H,28,29)/b26-12-/t21-/m0/s1. The van der Waals surface area contributed by atoms with E-state index in [2.05, 4.69) is 36.8 Å². The Balaban J connectivity index is 1.71. The minimum absolute atomic E-state index is 0.196. The van der Waals surface area contributed by atoms with Crippen LogP contribution in [0.25, 0.3) is 10.9 Å². The van der Waals surface area contributed by atoms with Crippen LogP contribution in [0.1, 0.15) is 25.0 Å². The second-order valence-electron chi connectivity index (χ2n) is 7.54. The second kappa shape index (κ2) is 10.8. The zero-order valence-electron chi connectivity index (χ0n) is 17.4. The van der Waals surface area contributed by atoms with Gasteiger partial charge in [-0.05, 0) is 35.2 Å². The average Bonchev–Trinajstić information content (AvgIpc) is 3.16. The Morgan fingerprint density at radius 3 is 2.65 bits per heavy atom. The molecule has 1 heterocycles. The lowest BCUT2D eigenvalue weighted by Gasteiger charge is -2.17. The zero-order chi connectivity index (χ0) is 22.2. The number of nitrogens with zero attached hydrogens (tertiary/aromatic N) is 1. The van der Waals surface area contributed by atoms with E-state index in [0.29, 0.717) is 6.42 Å². The monoisotopic (exact) mass is 484 g/mol. The summed E-state index contributed by atoms with van der Waals surface area (Å²) in [4.78, 5) is 28.2. The molecular formula is C23H25BrN4O3. The number of benzene rings is 2. The van der Waals surface area contributed by atoms with Gasteiger partial charge in [-0.15, -0.1) is 0 Å². The van der Waals surface area contributed by atoms with Gasteiger partial charge in [0.2, 0.25) is 0 Å². The molecule has 8 heteroatoms. The molecule has 0 fully saturated rings. The number of carbonyl (C=O) groups excluding carboxylic acids is 2. The van der Waals surface area contributed by atoms with Gasteiger partial charge in [0.25, 0.3) is 5.91 Å². The molecule has 0 aliphatic heterocycles. The zero-order valence-corrected chi connectivity index (χ0v) is 19.0. The molecule has 31 heavy (non-hydrogen) atoms. The fourth-order valence-corrected chi connectivity index (χ4v) is 3.22. The normalized spacial score (nSPS) is 12.3. The van der Waals surface area contributed by atoms with Gasteiger partial charge in [0.15, 0.2) is 0 Å².